The van der Waals surface area contributed by atoms with E-state index in [2.05, 4.69) is 23.5 Å². The summed E-state index contributed by atoms with van der Waals surface area (Å²) in [5.74, 6) is 0.974. The molecule has 132 valence electrons. The molecular formula is C22H22N2O2. The van der Waals surface area contributed by atoms with Gasteiger partial charge in [0.15, 0.2) is 0 Å². The predicted octanol–water partition coefficient (Wildman–Crippen LogP) is 4.46. The molecule has 4 rings (SSSR count). The maximum atomic E-state index is 12.7. The van der Waals surface area contributed by atoms with E-state index in [0.29, 0.717) is 19.6 Å². The van der Waals surface area contributed by atoms with Crippen LogP contribution in [0.25, 0.3) is 10.8 Å². The fraction of sp³-hybridized carbons (Fsp3) is 0.227. The Balaban J connectivity index is 1.53. The van der Waals surface area contributed by atoms with Crippen LogP contribution >= 0.6 is 0 Å². The zero-order chi connectivity index (χ0) is 17.9. The van der Waals surface area contributed by atoms with Crippen molar-refractivity contribution in [2.24, 2.45) is 0 Å². The highest BCUT2D eigenvalue weighted by atomic mass is 16.5. The third-order valence-electron chi connectivity index (χ3n) is 4.70. The van der Waals surface area contributed by atoms with Crippen LogP contribution in [0, 0.1) is 0 Å². The summed E-state index contributed by atoms with van der Waals surface area (Å²) in [6.07, 6.45) is 0.475. The van der Waals surface area contributed by atoms with Crippen LogP contribution in [-0.2, 0) is 4.79 Å². The molecule has 0 saturated carbocycles. The molecule has 0 aliphatic carbocycles. The molecule has 1 N–H and O–H groups in total. The first kappa shape index (κ1) is 16.5. The van der Waals surface area contributed by atoms with Gasteiger partial charge in [-0.1, -0.05) is 48.5 Å². The standard InChI is InChI=1S/C22H22N2O2/c1-16-15-22(25)24(20-11-5-4-10-19(20)23-16)13-14-26-21-12-6-8-17-7-2-3-9-18(17)21/h2-12,16,23H,13-15H2,1H3. The lowest BCUT2D eigenvalue weighted by molar-refractivity contribution is -0.118. The molecule has 1 unspecified atom stereocenters. The topological polar surface area (TPSA) is 41.6 Å². The molecule has 0 aromatic heterocycles. The summed E-state index contributed by atoms with van der Waals surface area (Å²) >= 11 is 0. The van der Waals surface area contributed by atoms with E-state index in [4.69, 9.17) is 4.74 Å². The van der Waals surface area contributed by atoms with Crippen molar-refractivity contribution >= 4 is 28.1 Å². The highest BCUT2D eigenvalue weighted by molar-refractivity contribution is 5.98. The Labute approximate surface area is 153 Å². The van der Waals surface area contributed by atoms with Crippen molar-refractivity contribution in [3.63, 3.8) is 0 Å². The van der Waals surface area contributed by atoms with Crippen molar-refractivity contribution in [3.8, 4) is 5.75 Å². The number of rotatable bonds is 4. The number of nitrogens with one attached hydrogen (secondary N) is 1. The SMILES string of the molecule is CC1CC(=O)N(CCOc2cccc3ccccc23)c2ccccc2N1. The lowest BCUT2D eigenvalue weighted by Crippen LogP contribution is -2.35. The summed E-state index contributed by atoms with van der Waals surface area (Å²) in [5, 5.41) is 5.65. The Kier molecular flexibility index (Phi) is 4.48. The Morgan fingerprint density at radius 1 is 1.04 bits per heavy atom. The van der Waals surface area contributed by atoms with Crippen molar-refractivity contribution in [1.82, 2.24) is 0 Å². The minimum absolute atomic E-state index is 0.118. The van der Waals surface area contributed by atoms with Gasteiger partial charge in [0.2, 0.25) is 5.91 Å². The summed E-state index contributed by atoms with van der Waals surface area (Å²) in [7, 11) is 0. The second-order valence-electron chi connectivity index (χ2n) is 6.64. The first-order valence-electron chi connectivity index (χ1n) is 8.99. The molecule has 0 spiro atoms. The van der Waals surface area contributed by atoms with Gasteiger partial charge in [-0.3, -0.25) is 4.79 Å². The average Bonchev–Trinajstić information content (AvgIpc) is 2.77. The van der Waals surface area contributed by atoms with Gasteiger partial charge < -0.3 is 15.0 Å². The highest BCUT2D eigenvalue weighted by Crippen LogP contribution is 2.30. The van der Waals surface area contributed by atoms with Gasteiger partial charge in [-0.05, 0) is 30.5 Å². The van der Waals surface area contributed by atoms with Crippen molar-refractivity contribution in [2.75, 3.05) is 23.4 Å². The molecule has 4 nitrogen and oxygen atoms in total. The van der Waals surface area contributed by atoms with Gasteiger partial charge in [0.1, 0.15) is 12.4 Å². The van der Waals surface area contributed by atoms with Crippen LogP contribution in [0.2, 0.25) is 0 Å². The Hall–Kier alpha value is -3.01. The quantitative estimate of drug-likeness (QED) is 0.758. The van der Waals surface area contributed by atoms with Gasteiger partial charge >= 0.3 is 0 Å². The summed E-state index contributed by atoms with van der Waals surface area (Å²) in [6, 6.07) is 22.3. The maximum absolute atomic E-state index is 12.7. The van der Waals surface area contributed by atoms with Gasteiger partial charge in [0.05, 0.1) is 17.9 Å². The third kappa shape index (κ3) is 3.23. The van der Waals surface area contributed by atoms with E-state index in [-0.39, 0.29) is 11.9 Å². The normalized spacial score (nSPS) is 16.7. The molecule has 0 fully saturated rings. The molecule has 26 heavy (non-hydrogen) atoms. The molecule has 3 aromatic carbocycles. The molecule has 0 bridgehead atoms. The Morgan fingerprint density at radius 3 is 2.73 bits per heavy atom. The molecule has 4 heteroatoms. The van der Waals surface area contributed by atoms with Crippen molar-refractivity contribution in [3.05, 3.63) is 66.7 Å². The molecule has 1 aliphatic heterocycles. The summed E-state index contributed by atoms with van der Waals surface area (Å²) in [6.45, 7) is 3.00. The monoisotopic (exact) mass is 346 g/mol. The Morgan fingerprint density at radius 2 is 1.81 bits per heavy atom. The maximum Gasteiger partial charge on any atom is 0.229 e. The second kappa shape index (κ2) is 7.08. The minimum atomic E-state index is 0.118. The van der Waals surface area contributed by atoms with Crippen LogP contribution in [0.3, 0.4) is 0 Å². The molecule has 1 atom stereocenters. The van der Waals surface area contributed by atoms with E-state index in [1.165, 1.54) is 0 Å². The molecule has 0 saturated heterocycles. The van der Waals surface area contributed by atoms with E-state index >= 15 is 0 Å². The molecule has 1 aliphatic rings. The van der Waals surface area contributed by atoms with E-state index < -0.39 is 0 Å². The van der Waals surface area contributed by atoms with Crippen LogP contribution in [0.15, 0.2) is 66.7 Å². The number of fused-ring (bicyclic) bond motifs is 2. The first-order valence-corrected chi connectivity index (χ1v) is 8.99. The molecular weight excluding hydrogens is 324 g/mol. The zero-order valence-electron chi connectivity index (χ0n) is 14.8. The summed E-state index contributed by atoms with van der Waals surface area (Å²) in [5.41, 5.74) is 1.92. The molecule has 1 amide bonds. The number of ether oxygens (including phenoxy) is 1. The number of nitrogens with zero attached hydrogens (tertiary/aromatic N) is 1. The smallest absolute Gasteiger partial charge is 0.229 e. The zero-order valence-corrected chi connectivity index (χ0v) is 14.8. The second-order valence-corrected chi connectivity index (χ2v) is 6.64. The number of para-hydroxylation sites is 2. The van der Waals surface area contributed by atoms with Gasteiger partial charge in [-0.15, -0.1) is 0 Å². The molecule has 3 aromatic rings. The van der Waals surface area contributed by atoms with Crippen LogP contribution in [0.4, 0.5) is 11.4 Å². The number of anilines is 2. The van der Waals surface area contributed by atoms with E-state index in [1.807, 2.05) is 60.4 Å². The van der Waals surface area contributed by atoms with E-state index in [1.54, 1.807) is 0 Å². The first-order chi connectivity index (χ1) is 12.7. The van der Waals surface area contributed by atoms with Crippen molar-refractivity contribution < 1.29 is 9.53 Å². The summed E-state index contributed by atoms with van der Waals surface area (Å²) < 4.78 is 6.04. The van der Waals surface area contributed by atoms with Gasteiger partial charge in [0, 0.05) is 17.8 Å². The minimum Gasteiger partial charge on any atom is -0.491 e. The summed E-state index contributed by atoms with van der Waals surface area (Å²) in [4.78, 5) is 14.5. The van der Waals surface area contributed by atoms with E-state index in [0.717, 1.165) is 27.9 Å². The van der Waals surface area contributed by atoms with Gasteiger partial charge in [-0.25, -0.2) is 0 Å². The van der Waals surface area contributed by atoms with Crippen molar-refractivity contribution in [1.29, 1.82) is 0 Å². The number of hydrogen-bond acceptors (Lipinski definition) is 3. The molecule has 1 heterocycles. The lowest BCUT2D eigenvalue weighted by Gasteiger charge is -2.22. The number of benzene rings is 3. The number of hydrogen-bond donors (Lipinski definition) is 1. The fourth-order valence-electron chi connectivity index (χ4n) is 3.47. The lowest BCUT2D eigenvalue weighted by atomic mass is 10.1. The number of amides is 1. The highest BCUT2D eigenvalue weighted by Gasteiger charge is 2.24. The largest absolute Gasteiger partial charge is 0.491 e. The van der Waals surface area contributed by atoms with E-state index in [9.17, 15) is 4.79 Å². The third-order valence-corrected chi connectivity index (χ3v) is 4.70. The van der Waals surface area contributed by atoms with Gasteiger partial charge in [-0.2, -0.15) is 0 Å². The molecule has 0 radical (unpaired) electrons. The Bertz CT molecular complexity index is 933. The van der Waals surface area contributed by atoms with Crippen LogP contribution in [0.1, 0.15) is 13.3 Å². The van der Waals surface area contributed by atoms with Crippen LogP contribution in [-0.4, -0.2) is 25.1 Å². The fourth-order valence-corrected chi connectivity index (χ4v) is 3.47. The number of carbonyl (C=O) groups excluding carboxylic acids is 1. The van der Waals surface area contributed by atoms with Gasteiger partial charge in [0.25, 0.3) is 0 Å². The van der Waals surface area contributed by atoms with Crippen LogP contribution in [0.5, 0.6) is 5.75 Å². The predicted molar refractivity (Wildman–Crippen MR) is 106 cm³/mol. The van der Waals surface area contributed by atoms with Crippen molar-refractivity contribution in [2.45, 2.75) is 19.4 Å². The number of carbonyl (C=O) groups is 1. The average molecular weight is 346 g/mol. The van der Waals surface area contributed by atoms with Crippen LogP contribution < -0.4 is 15.0 Å².